The molecule has 22 heavy (non-hydrogen) atoms. The van der Waals surface area contributed by atoms with Crippen LogP contribution >= 0.6 is 0 Å². The van der Waals surface area contributed by atoms with Crippen LogP contribution in [0.25, 0.3) is 0 Å². The van der Waals surface area contributed by atoms with Crippen LogP contribution in [0.4, 0.5) is 27.6 Å². The predicted molar refractivity (Wildman–Crippen MR) is 65.7 cm³/mol. The number of nitrogens with one attached hydrogen (secondary N) is 1. The van der Waals surface area contributed by atoms with Gasteiger partial charge in [-0.25, -0.2) is 8.78 Å². The quantitative estimate of drug-likeness (QED) is 0.868. The number of carbonyl (C=O) groups is 2. The van der Waals surface area contributed by atoms with Crippen molar-refractivity contribution in [3.63, 3.8) is 0 Å². The summed E-state index contributed by atoms with van der Waals surface area (Å²) in [4.78, 5) is 23.9. The molecule has 1 saturated heterocycles. The Morgan fingerprint density at radius 3 is 2.55 bits per heavy atom. The van der Waals surface area contributed by atoms with Crippen LogP contribution in [0.3, 0.4) is 0 Å². The number of amides is 2. The van der Waals surface area contributed by atoms with Gasteiger partial charge < -0.3 is 10.2 Å². The summed E-state index contributed by atoms with van der Waals surface area (Å²) in [7, 11) is 0. The molecule has 2 amide bonds. The van der Waals surface area contributed by atoms with Crippen molar-refractivity contribution in [1.29, 1.82) is 0 Å². The third-order valence-corrected chi connectivity index (χ3v) is 3.14. The average Bonchev–Trinajstić information content (AvgIpc) is 2.73. The Labute approximate surface area is 121 Å². The van der Waals surface area contributed by atoms with E-state index in [1.54, 1.807) is 0 Å². The van der Waals surface area contributed by atoms with Crippen LogP contribution in [0, 0.1) is 17.6 Å². The van der Waals surface area contributed by atoms with Crippen molar-refractivity contribution in [3.05, 3.63) is 29.8 Å². The number of alkyl halides is 3. The number of halogens is 5. The molecule has 1 N–H and O–H groups in total. The van der Waals surface area contributed by atoms with Gasteiger partial charge in [-0.3, -0.25) is 9.59 Å². The SMILES string of the molecule is O=C(Nc1ccc(F)c(F)c1)C1CC(=O)N(CC(F)(F)F)C1. The highest BCUT2D eigenvalue weighted by atomic mass is 19.4. The van der Waals surface area contributed by atoms with Crippen molar-refractivity contribution >= 4 is 17.5 Å². The second-order valence-corrected chi connectivity index (χ2v) is 4.91. The normalized spacial score (nSPS) is 18.7. The van der Waals surface area contributed by atoms with Crippen LogP contribution in [-0.4, -0.2) is 36.0 Å². The first-order chi connectivity index (χ1) is 10.2. The Morgan fingerprint density at radius 1 is 1.27 bits per heavy atom. The van der Waals surface area contributed by atoms with Gasteiger partial charge >= 0.3 is 6.18 Å². The topological polar surface area (TPSA) is 49.4 Å². The number of carbonyl (C=O) groups excluding carboxylic acids is 2. The van der Waals surface area contributed by atoms with E-state index in [0.717, 1.165) is 18.2 Å². The van der Waals surface area contributed by atoms with Crippen LogP contribution in [0.15, 0.2) is 18.2 Å². The van der Waals surface area contributed by atoms with Crippen LogP contribution in [0.1, 0.15) is 6.42 Å². The standard InChI is InChI=1S/C13H11F5N2O2/c14-9-2-1-8(4-10(9)15)19-12(22)7-3-11(21)20(5-7)6-13(16,17)18/h1-2,4,7H,3,5-6H2,(H,19,22). The summed E-state index contributed by atoms with van der Waals surface area (Å²) in [6.07, 6.45) is -4.90. The molecule has 1 unspecified atom stereocenters. The summed E-state index contributed by atoms with van der Waals surface area (Å²) in [6, 6.07) is 2.67. The minimum absolute atomic E-state index is 0.0365. The summed E-state index contributed by atoms with van der Waals surface area (Å²) < 4.78 is 62.6. The van der Waals surface area contributed by atoms with E-state index in [4.69, 9.17) is 0 Å². The fourth-order valence-electron chi connectivity index (χ4n) is 2.14. The minimum Gasteiger partial charge on any atom is -0.333 e. The molecule has 0 bridgehead atoms. The second-order valence-electron chi connectivity index (χ2n) is 4.91. The third-order valence-electron chi connectivity index (χ3n) is 3.14. The molecule has 0 spiro atoms. The van der Waals surface area contributed by atoms with Gasteiger partial charge in [-0.1, -0.05) is 0 Å². The van der Waals surface area contributed by atoms with Crippen molar-refractivity contribution < 1.29 is 31.5 Å². The van der Waals surface area contributed by atoms with Crippen molar-refractivity contribution in [1.82, 2.24) is 4.90 Å². The molecule has 0 aliphatic carbocycles. The monoisotopic (exact) mass is 322 g/mol. The molecule has 1 heterocycles. The van der Waals surface area contributed by atoms with E-state index in [0.29, 0.717) is 4.90 Å². The maximum Gasteiger partial charge on any atom is 0.406 e. The predicted octanol–water partition coefficient (Wildman–Crippen LogP) is 2.31. The van der Waals surface area contributed by atoms with E-state index in [9.17, 15) is 31.5 Å². The molecule has 9 heteroatoms. The maximum absolute atomic E-state index is 13.0. The van der Waals surface area contributed by atoms with Gasteiger partial charge in [-0.2, -0.15) is 13.2 Å². The van der Waals surface area contributed by atoms with Gasteiger partial charge in [0.05, 0.1) is 5.92 Å². The first kappa shape index (κ1) is 16.2. The molecule has 0 radical (unpaired) electrons. The molecule has 1 atom stereocenters. The third kappa shape index (κ3) is 3.92. The highest BCUT2D eigenvalue weighted by Crippen LogP contribution is 2.25. The van der Waals surface area contributed by atoms with Gasteiger partial charge in [0.15, 0.2) is 11.6 Å². The summed E-state index contributed by atoms with van der Waals surface area (Å²) in [5.74, 6) is -4.72. The van der Waals surface area contributed by atoms with Crippen molar-refractivity contribution in [3.8, 4) is 0 Å². The lowest BCUT2D eigenvalue weighted by Gasteiger charge is -2.18. The van der Waals surface area contributed by atoms with Crippen LogP contribution in [0.2, 0.25) is 0 Å². The van der Waals surface area contributed by atoms with Gasteiger partial charge in [0.25, 0.3) is 0 Å². The van der Waals surface area contributed by atoms with Gasteiger partial charge in [0.1, 0.15) is 6.54 Å². The molecule has 2 rings (SSSR count). The summed E-state index contributed by atoms with van der Waals surface area (Å²) in [5.41, 5.74) is -0.0365. The highest BCUT2D eigenvalue weighted by molar-refractivity contribution is 5.97. The molecule has 4 nitrogen and oxygen atoms in total. The van der Waals surface area contributed by atoms with Crippen LogP contribution in [0.5, 0.6) is 0 Å². The van der Waals surface area contributed by atoms with Crippen molar-refractivity contribution in [2.24, 2.45) is 5.92 Å². The van der Waals surface area contributed by atoms with E-state index in [1.165, 1.54) is 0 Å². The first-order valence-corrected chi connectivity index (χ1v) is 6.26. The van der Waals surface area contributed by atoms with Gasteiger partial charge in [0.2, 0.25) is 11.8 Å². The van der Waals surface area contributed by atoms with E-state index in [1.807, 2.05) is 0 Å². The van der Waals surface area contributed by atoms with E-state index >= 15 is 0 Å². The van der Waals surface area contributed by atoms with E-state index < -0.39 is 42.1 Å². The molecule has 1 aliphatic heterocycles. The Balaban J connectivity index is 1.99. The van der Waals surface area contributed by atoms with E-state index in [-0.39, 0.29) is 18.7 Å². The zero-order valence-corrected chi connectivity index (χ0v) is 11.1. The molecule has 1 aromatic carbocycles. The summed E-state index contributed by atoms with van der Waals surface area (Å²) >= 11 is 0. The number of hydrogen-bond donors (Lipinski definition) is 1. The molecule has 1 fully saturated rings. The Morgan fingerprint density at radius 2 is 1.95 bits per heavy atom. The lowest BCUT2D eigenvalue weighted by Crippen LogP contribution is -2.36. The molecular formula is C13H11F5N2O2. The number of anilines is 1. The number of likely N-dealkylation sites (tertiary alicyclic amines) is 1. The lowest BCUT2D eigenvalue weighted by atomic mass is 10.1. The van der Waals surface area contributed by atoms with Gasteiger partial charge in [-0.15, -0.1) is 0 Å². The molecule has 1 aromatic rings. The molecule has 120 valence electrons. The Bertz CT molecular complexity index is 603. The first-order valence-electron chi connectivity index (χ1n) is 6.26. The zero-order chi connectivity index (χ0) is 16.5. The molecule has 1 aliphatic rings. The number of nitrogens with zero attached hydrogens (tertiary/aromatic N) is 1. The smallest absolute Gasteiger partial charge is 0.333 e. The van der Waals surface area contributed by atoms with E-state index in [2.05, 4.69) is 5.32 Å². The lowest BCUT2D eigenvalue weighted by molar-refractivity contribution is -0.157. The number of hydrogen-bond acceptors (Lipinski definition) is 2. The summed E-state index contributed by atoms with van der Waals surface area (Å²) in [6.45, 7) is -1.78. The fourth-order valence-corrected chi connectivity index (χ4v) is 2.14. The maximum atomic E-state index is 13.0. The van der Waals surface area contributed by atoms with Gasteiger partial charge in [0, 0.05) is 24.7 Å². The number of benzene rings is 1. The van der Waals surface area contributed by atoms with Crippen molar-refractivity contribution in [2.45, 2.75) is 12.6 Å². The molecule has 0 saturated carbocycles. The minimum atomic E-state index is -4.54. The van der Waals surface area contributed by atoms with Crippen LogP contribution < -0.4 is 5.32 Å². The second kappa shape index (κ2) is 5.90. The molecular weight excluding hydrogens is 311 g/mol. The number of rotatable bonds is 3. The Kier molecular flexibility index (Phi) is 4.34. The zero-order valence-electron chi connectivity index (χ0n) is 11.1. The average molecular weight is 322 g/mol. The van der Waals surface area contributed by atoms with Crippen LogP contribution in [-0.2, 0) is 9.59 Å². The largest absolute Gasteiger partial charge is 0.406 e. The molecule has 0 aromatic heterocycles. The summed E-state index contributed by atoms with van der Waals surface area (Å²) in [5, 5.41) is 2.25. The Hall–Kier alpha value is -2.19. The highest BCUT2D eigenvalue weighted by Gasteiger charge is 2.40. The fraction of sp³-hybridized carbons (Fsp3) is 0.385. The van der Waals surface area contributed by atoms with Gasteiger partial charge in [-0.05, 0) is 12.1 Å². The van der Waals surface area contributed by atoms with Crippen molar-refractivity contribution in [2.75, 3.05) is 18.4 Å².